The van der Waals surface area contributed by atoms with Crippen molar-refractivity contribution in [3.8, 4) is 11.5 Å². The van der Waals surface area contributed by atoms with Crippen LogP contribution in [0.2, 0.25) is 0 Å². The van der Waals surface area contributed by atoms with E-state index >= 15 is 0 Å². The van der Waals surface area contributed by atoms with Gasteiger partial charge in [-0.25, -0.2) is 12.7 Å². The minimum Gasteiger partial charge on any atom is -0.454 e. The van der Waals surface area contributed by atoms with Gasteiger partial charge in [-0.2, -0.15) is 0 Å². The van der Waals surface area contributed by atoms with Crippen molar-refractivity contribution in [2.45, 2.75) is 51.0 Å². The van der Waals surface area contributed by atoms with Crippen molar-refractivity contribution in [2.75, 3.05) is 39.2 Å². The lowest BCUT2D eigenvalue weighted by Gasteiger charge is -2.29. The van der Waals surface area contributed by atoms with Gasteiger partial charge in [0.1, 0.15) is 10.6 Å². The van der Waals surface area contributed by atoms with Gasteiger partial charge in [-0.05, 0) is 42.7 Å². The number of rotatable bonds is 13. The minimum absolute atomic E-state index is 0.156. The molecule has 2 aromatic carbocycles. The first-order valence-corrected chi connectivity index (χ1v) is 12.3. The van der Waals surface area contributed by atoms with Gasteiger partial charge in [0.05, 0.1) is 12.3 Å². The number of para-hydroxylation sites is 1. The Hall–Kier alpha value is -2.09. The summed E-state index contributed by atoms with van der Waals surface area (Å²) in [6.45, 7) is 6.30. The summed E-state index contributed by atoms with van der Waals surface area (Å²) in [7, 11) is 0.948. The van der Waals surface area contributed by atoms with Crippen molar-refractivity contribution >= 4 is 15.7 Å². The number of ether oxygens (including phenoxy) is 2. The molecule has 2 aromatic rings. The van der Waals surface area contributed by atoms with Crippen LogP contribution in [-0.2, 0) is 21.4 Å². The Balaban J connectivity index is 2.74. The van der Waals surface area contributed by atoms with E-state index in [-0.39, 0.29) is 4.90 Å². The number of anilines is 1. The van der Waals surface area contributed by atoms with Crippen LogP contribution >= 0.6 is 0 Å². The summed E-state index contributed by atoms with van der Waals surface area (Å²) < 4.78 is 39.4. The van der Waals surface area contributed by atoms with E-state index < -0.39 is 10.0 Å². The second-order valence-electron chi connectivity index (χ2n) is 7.77. The number of hydrogen-bond donors (Lipinski definition) is 0. The zero-order valence-electron chi connectivity index (χ0n) is 19.4. The van der Waals surface area contributed by atoms with Gasteiger partial charge < -0.3 is 14.4 Å². The summed E-state index contributed by atoms with van der Waals surface area (Å²) in [5, 5.41) is 0. The smallest absolute Gasteiger partial charge is 0.246 e. The lowest BCUT2D eigenvalue weighted by atomic mass is 10.1. The molecule has 0 bridgehead atoms. The Bertz CT molecular complexity index is 907. The van der Waals surface area contributed by atoms with E-state index in [2.05, 4.69) is 18.7 Å². The van der Waals surface area contributed by atoms with Gasteiger partial charge in [0.15, 0.2) is 5.75 Å². The molecule has 0 N–H and O–H groups in total. The van der Waals surface area contributed by atoms with Gasteiger partial charge in [-0.1, -0.05) is 44.9 Å². The largest absolute Gasteiger partial charge is 0.454 e. The highest BCUT2D eigenvalue weighted by Crippen LogP contribution is 2.41. The molecular formula is C24H36N2O4S. The van der Waals surface area contributed by atoms with Crippen LogP contribution in [0.25, 0.3) is 0 Å². The van der Waals surface area contributed by atoms with Crippen molar-refractivity contribution in [1.29, 1.82) is 0 Å². The lowest BCUT2D eigenvalue weighted by molar-refractivity contribution is 0.184. The SMILES string of the molecule is CCCCN(CCCC)c1cc(COC)cc(S(=O)(=O)N(C)C)c1Oc1ccccc1. The first kappa shape index (κ1) is 25.2. The fraction of sp³-hybridized carbons (Fsp3) is 0.500. The molecule has 0 saturated carbocycles. The third-order valence-corrected chi connectivity index (χ3v) is 6.85. The van der Waals surface area contributed by atoms with Crippen molar-refractivity contribution < 1.29 is 17.9 Å². The fourth-order valence-corrected chi connectivity index (χ4v) is 4.35. The van der Waals surface area contributed by atoms with Gasteiger partial charge in [0.2, 0.25) is 10.0 Å². The topological polar surface area (TPSA) is 59.1 Å². The second-order valence-corrected chi connectivity index (χ2v) is 9.89. The number of methoxy groups -OCH3 is 1. The maximum absolute atomic E-state index is 13.3. The van der Waals surface area contributed by atoms with Crippen LogP contribution in [0, 0.1) is 0 Å². The van der Waals surface area contributed by atoms with Gasteiger partial charge in [0, 0.05) is 34.3 Å². The molecule has 0 spiro atoms. The van der Waals surface area contributed by atoms with Crippen LogP contribution in [0.5, 0.6) is 11.5 Å². The summed E-state index contributed by atoms with van der Waals surface area (Å²) >= 11 is 0. The summed E-state index contributed by atoms with van der Waals surface area (Å²) in [6, 6.07) is 13.0. The molecule has 0 unspecified atom stereocenters. The number of hydrogen-bond acceptors (Lipinski definition) is 5. The highest BCUT2D eigenvalue weighted by molar-refractivity contribution is 7.89. The van der Waals surface area contributed by atoms with Crippen molar-refractivity contribution in [3.63, 3.8) is 0 Å². The second kappa shape index (κ2) is 12.1. The van der Waals surface area contributed by atoms with E-state index in [1.807, 2.05) is 36.4 Å². The third-order valence-electron chi connectivity index (χ3n) is 5.03. The van der Waals surface area contributed by atoms with E-state index in [1.165, 1.54) is 18.4 Å². The quantitative estimate of drug-likeness (QED) is 0.417. The molecular weight excluding hydrogens is 412 g/mol. The Kier molecular flexibility index (Phi) is 9.81. The van der Waals surface area contributed by atoms with Crippen LogP contribution < -0.4 is 9.64 Å². The first-order valence-electron chi connectivity index (χ1n) is 10.9. The molecule has 0 aliphatic heterocycles. The summed E-state index contributed by atoms with van der Waals surface area (Å²) in [5.41, 5.74) is 1.59. The highest BCUT2D eigenvalue weighted by Gasteiger charge is 2.28. The van der Waals surface area contributed by atoms with Gasteiger partial charge >= 0.3 is 0 Å². The number of sulfonamides is 1. The molecule has 0 fully saturated rings. The number of unbranched alkanes of at least 4 members (excludes halogenated alkanes) is 2. The summed E-state index contributed by atoms with van der Waals surface area (Å²) in [5.74, 6) is 0.969. The fourth-order valence-electron chi connectivity index (χ4n) is 3.28. The molecule has 6 nitrogen and oxygen atoms in total. The van der Waals surface area contributed by atoms with Crippen molar-refractivity contribution in [3.05, 3.63) is 48.0 Å². The predicted molar refractivity (Wildman–Crippen MR) is 127 cm³/mol. The van der Waals surface area contributed by atoms with E-state index in [0.29, 0.717) is 18.1 Å². The van der Waals surface area contributed by atoms with E-state index in [4.69, 9.17) is 9.47 Å². The van der Waals surface area contributed by atoms with Crippen LogP contribution in [-0.4, -0.2) is 47.0 Å². The summed E-state index contributed by atoms with van der Waals surface area (Å²) in [6.07, 6.45) is 4.13. The predicted octanol–water partition coefficient (Wildman–Crippen LogP) is 5.28. The molecule has 0 aliphatic rings. The lowest BCUT2D eigenvalue weighted by Crippen LogP contribution is -2.28. The number of nitrogens with zero attached hydrogens (tertiary/aromatic N) is 2. The van der Waals surface area contributed by atoms with Crippen LogP contribution in [0.15, 0.2) is 47.4 Å². The first-order chi connectivity index (χ1) is 14.8. The molecule has 7 heteroatoms. The van der Waals surface area contributed by atoms with Crippen LogP contribution in [0.3, 0.4) is 0 Å². The van der Waals surface area contributed by atoms with Gasteiger partial charge in [-0.15, -0.1) is 0 Å². The summed E-state index contributed by atoms with van der Waals surface area (Å²) in [4.78, 5) is 2.41. The molecule has 0 aliphatic carbocycles. The number of benzene rings is 2. The minimum atomic E-state index is -3.74. The third kappa shape index (κ3) is 6.69. The molecule has 172 valence electrons. The van der Waals surface area contributed by atoms with Gasteiger partial charge in [0.25, 0.3) is 0 Å². The molecule has 0 radical (unpaired) electrons. The highest BCUT2D eigenvalue weighted by atomic mass is 32.2. The van der Waals surface area contributed by atoms with Crippen LogP contribution in [0.1, 0.15) is 45.1 Å². The average molecular weight is 449 g/mol. The molecule has 0 amide bonds. The van der Waals surface area contributed by atoms with Gasteiger partial charge in [-0.3, -0.25) is 0 Å². The monoisotopic (exact) mass is 448 g/mol. The Morgan fingerprint density at radius 2 is 1.55 bits per heavy atom. The molecule has 0 aromatic heterocycles. The maximum atomic E-state index is 13.3. The van der Waals surface area contributed by atoms with E-state index in [1.54, 1.807) is 13.2 Å². The zero-order chi connectivity index (χ0) is 22.9. The molecule has 31 heavy (non-hydrogen) atoms. The zero-order valence-corrected chi connectivity index (χ0v) is 20.2. The molecule has 0 atom stereocenters. The Labute approximate surface area is 187 Å². The molecule has 0 heterocycles. The average Bonchev–Trinajstić information content (AvgIpc) is 2.75. The van der Waals surface area contributed by atoms with Crippen molar-refractivity contribution in [1.82, 2.24) is 4.31 Å². The van der Waals surface area contributed by atoms with E-state index in [0.717, 1.165) is 50.0 Å². The molecule has 2 rings (SSSR count). The maximum Gasteiger partial charge on any atom is 0.246 e. The Morgan fingerprint density at radius 1 is 0.935 bits per heavy atom. The Morgan fingerprint density at radius 3 is 2.06 bits per heavy atom. The van der Waals surface area contributed by atoms with E-state index in [9.17, 15) is 8.42 Å². The standard InChI is InChI=1S/C24H36N2O4S/c1-6-8-15-26(16-9-7-2)22-17-20(19-29-5)18-23(31(27,28)25(3)4)24(22)30-21-13-11-10-12-14-21/h10-14,17-18H,6-9,15-16,19H2,1-5H3. The molecule has 0 saturated heterocycles. The van der Waals surface area contributed by atoms with Crippen LogP contribution in [0.4, 0.5) is 5.69 Å². The van der Waals surface area contributed by atoms with Crippen molar-refractivity contribution in [2.24, 2.45) is 0 Å². The normalized spacial score (nSPS) is 11.7.